The van der Waals surface area contributed by atoms with E-state index in [1.54, 1.807) is 13.0 Å². The molecule has 1 unspecified atom stereocenters. The molecule has 1 amide bonds. The summed E-state index contributed by atoms with van der Waals surface area (Å²) in [4.78, 5) is 32.5. The highest BCUT2D eigenvalue weighted by atomic mass is 16.4. The lowest BCUT2D eigenvalue weighted by Crippen LogP contribution is -2.48. The van der Waals surface area contributed by atoms with Gasteiger partial charge in [0, 0.05) is 5.97 Å². The molecule has 0 radical (unpaired) electrons. The summed E-state index contributed by atoms with van der Waals surface area (Å²) in [6.07, 6.45) is -0.799. The minimum atomic E-state index is -1.56. The highest BCUT2D eigenvalue weighted by Crippen LogP contribution is 2.07. The van der Waals surface area contributed by atoms with Gasteiger partial charge in [-0.15, -0.1) is 0 Å². The number of aryl methyl sites for hydroxylation is 1. The van der Waals surface area contributed by atoms with Gasteiger partial charge >= 0.3 is 0 Å². The largest absolute Gasteiger partial charge is 0.550 e. The van der Waals surface area contributed by atoms with E-state index in [4.69, 9.17) is 4.42 Å². The first kappa shape index (κ1) is 13.8. The molecule has 1 rings (SSSR count). The van der Waals surface area contributed by atoms with E-state index in [9.17, 15) is 24.6 Å². The maximum atomic E-state index is 11.6. The number of rotatable bonds is 6. The zero-order chi connectivity index (χ0) is 13.7. The van der Waals surface area contributed by atoms with Gasteiger partial charge in [0.15, 0.2) is 5.76 Å². The molecule has 0 aliphatic heterocycles. The molecule has 98 valence electrons. The standard InChI is InChI=1S/C11H13NO6/c1-6-2-4-8(18-6)10(15)12-7(11(16)17)3-5-9(13)14/h2,4,7H,3,5H2,1H3,(H,12,15)(H,13,14)(H,16,17)/p-2. The number of aliphatic carboxylic acids is 2. The quantitative estimate of drug-likeness (QED) is 0.623. The summed E-state index contributed by atoms with van der Waals surface area (Å²) in [5, 5.41) is 23.1. The Bertz CT molecular complexity index is 464. The van der Waals surface area contributed by atoms with Crippen LogP contribution in [0.15, 0.2) is 16.5 Å². The number of carbonyl (C=O) groups excluding carboxylic acids is 3. The van der Waals surface area contributed by atoms with Crippen LogP contribution in [0.5, 0.6) is 0 Å². The van der Waals surface area contributed by atoms with Crippen molar-refractivity contribution in [1.82, 2.24) is 5.32 Å². The molecule has 0 saturated heterocycles. The van der Waals surface area contributed by atoms with Crippen molar-refractivity contribution in [3.05, 3.63) is 23.7 Å². The fraction of sp³-hybridized carbons (Fsp3) is 0.364. The lowest BCUT2D eigenvalue weighted by atomic mass is 10.1. The van der Waals surface area contributed by atoms with Crippen molar-refractivity contribution < 1.29 is 29.0 Å². The monoisotopic (exact) mass is 253 g/mol. The van der Waals surface area contributed by atoms with E-state index in [0.717, 1.165) is 0 Å². The van der Waals surface area contributed by atoms with Crippen molar-refractivity contribution in [2.75, 3.05) is 0 Å². The first-order valence-corrected chi connectivity index (χ1v) is 5.18. The average Bonchev–Trinajstić information content (AvgIpc) is 2.70. The van der Waals surface area contributed by atoms with Crippen molar-refractivity contribution >= 4 is 17.8 Å². The van der Waals surface area contributed by atoms with E-state index in [0.29, 0.717) is 5.76 Å². The zero-order valence-electron chi connectivity index (χ0n) is 9.60. The molecule has 0 saturated carbocycles. The molecule has 18 heavy (non-hydrogen) atoms. The predicted octanol–water partition coefficient (Wildman–Crippen LogP) is -2.03. The van der Waals surface area contributed by atoms with Gasteiger partial charge < -0.3 is 29.5 Å². The number of hydrogen-bond donors (Lipinski definition) is 1. The lowest BCUT2D eigenvalue weighted by molar-refractivity contribution is -0.309. The zero-order valence-corrected chi connectivity index (χ0v) is 9.60. The van der Waals surface area contributed by atoms with Crippen LogP contribution >= 0.6 is 0 Å². The molecule has 0 aliphatic rings. The summed E-state index contributed by atoms with van der Waals surface area (Å²) in [6, 6.07) is 1.53. The molecule has 0 bridgehead atoms. The van der Waals surface area contributed by atoms with E-state index in [1.807, 2.05) is 0 Å². The van der Waals surface area contributed by atoms with Gasteiger partial charge in [0.25, 0.3) is 5.91 Å². The Balaban J connectivity index is 2.63. The second-order valence-corrected chi connectivity index (χ2v) is 3.67. The number of hydrogen-bond acceptors (Lipinski definition) is 6. The summed E-state index contributed by atoms with van der Waals surface area (Å²) in [6.45, 7) is 1.63. The molecular weight excluding hydrogens is 242 g/mol. The Hall–Kier alpha value is -2.31. The van der Waals surface area contributed by atoms with E-state index in [2.05, 4.69) is 5.32 Å². The van der Waals surface area contributed by atoms with E-state index >= 15 is 0 Å². The predicted molar refractivity (Wildman–Crippen MR) is 53.9 cm³/mol. The highest BCUT2D eigenvalue weighted by molar-refractivity contribution is 5.94. The van der Waals surface area contributed by atoms with Crippen LogP contribution in [0.4, 0.5) is 0 Å². The number of carboxylic acid groups (broad SMARTS) is 2. The third-order valence-corrected chi connectivity index (χ3v) is 2.19. The number of carbonyl (C=O) groups is 3. The summed E-state index contributed by atoms with van der Waals surface area (Å²) >= 11 is 0. The van der Waals surface area contributed by atoms with Crippen LogP contribution in [0.1, 0.15) is 29.2 Å². The molecule has 0 aromatic carbocycles. The summed E-state index contributed by atoms with van der Waals surface area (Å²) in [5.74, 6) is -3.25. The SMILES string of the molecule is Cc1ccc(C(=O)NC(CCC(=O)[O-])C(=O)[O-])o1. The Kier molecular flexibility index (Phi) is 4.47. The fourth-order valence-corrected chi connectivity index (χ4v) is 1.30. The smallest absolute Gasteiger partial charge is 0.287 e. The van der Waals surface area contributed by atoms with Gasteiger partial charge in [-0.25, -0.2) is 0 Å². The van der Waals surface area contributed by atoms with Crippen LogP contribution in [-0.4, -0.2) is 23.9 Å². The van der Waals surface area contributed by atoms with Gasteiger partial charge in [-0.3, -0.25) is 4.79 Å². The highest BCUT2D eigenvalue weighted by Gasteiger charge is 2.16. The Morgan fingerprint density at radius 3 is 2.44 bits per heavy atom. The van der Waals surface area contributed by atoms with Crippen LogP contribution in [0, 0.1) is 6.92 Å². The summed E-state index contributed by atoms with van der Waals surface area (Å²) < 4.78 is 5.00. The van der Waals surface area contributed by atoms with Crippen LogP contribution in [0.2, 0.25) is 0 Å². The number of amides is 1. The van der Waals surface area contributed by atoms with Gasteiger partial charge in [-0.1, -0.05) is 0 Å². The van der Waals surface area contributed by atoms with Crippen LogP contribution in [-0.2, 0) is 9.59 Å². The third kappa shape index (κ3) is 3.93. The molecule has 1 heterocycles. The third-order valence-electron chi connectivity index (χ3n) is 2.19. The molecule has 1 aromatic rings. The Morgan fingerprint density at radius 1 is 1.33 bits per heavy atom. The average molecular weight is 253 g/mol. The van der Waals surface area contributed by atoms with Crippen LogP contribution in [0.3, 0.4) is 0 Å². The maximum absolute atomic E-state index is 11.6. The number of nitrogens with one attached hydrogen (secondary N) is 1. The molecule has 1 N–H and O–H groups in total. The number of furan rings is 1. The van der Waals surface area contributed by atoms with E-state index < -0.39 is 30.3 Å². The minimum absolute atomic E-state index is 0.0489. The molecule has 7 heteroatoms. The maximum Gasteiger partial charge on any atom is 0.287 e. The van der Waals surface area contributed by atoms with Gasteiger partial charge in [-0.05, 0) is 31.9 Å². The minimum Gasteiger partial charge on any atom is -0.550 e. The Morgan fingerprint density at radius 2 is 2.00 bits per heavy atom. The summed E-state index contributed by atoms with van der Waals surface area (Å²) in [5.41, 5.74) is 0. The molecule has 1 aromatic heterocycles. The Labute approximate surface area is 102 Å². The van der Waals surface area contributed by atoms with Gasteiger partial charge in [0.1, 0.15) is 5.76 Å². The van der Waals surface area contributed by atoms with Crippen molar-refractivity contribution in [2.45, 2.75) is 25.8 Å². The van der Waals surface area contributed by atoms with Crippen LogP contribution < -0.4 is 15.5 Å². The molecule has 7 nitrogen and oxygen atoms in total. The lowest BCUT2D eigenvalue weighted by Gasteiger charge is -2.19. The van der Waals surface area contributed by atoms with Gasteiger partial charge in [0.05, 0.1) is 12.0 Å². The normalized spacial score (nSPS) is 11.8. The number of carboxylic acids is 2. The van der Waals surface area contributed by atoms with E-state index in [-0.39, 0.29) is 12.2 Å². The van der Waals surface area contributed by atoms with Crippen molar-refractivity contribution in [3.8, 4) is 0 Å². The van der Waals surface area contributed by atoms with Crippen molar-refractivity contribution in [1.29, 1.82) is 0 Å². The molecule has 1 atom stereocenters. The van der Waals surface area contributed by atoms with Gasteiger partial charge in [-0.2, -0.15) is 0 Å². The first-order chi connectivity index (χ1) is 8.40. The van der Waals surface area contributed by atoms with E-state index in [1.165, 1.54) is 6.07 Å². The first-order valence-electron chi connectivity index (χ1n) is 5.18. The summed E-state index contributed by atoms with van der Waals surface area (Å²) in [7, 11) is 0. The molecular formula is C11H11NO6-2. The molecule has 0 aliphatic carbocycles. The fourth-order valence-electron chi connectivity index (χ4n) is 1.30. The topological polar surface area (TPSA) is 123 Å². The van der Waals surface area contributed by atoms with Gasteiger partial charge in [0.2, 0.25) is 0 Å². The second kappa shape index (κ2) is 5.85. The van der Waals surface area contributed by atoms with Crippen molar-refractivity contribution in [2.24, 2.45) is 0 Å². The molecule has 0 spiro atoms. The molecule has 0 fully saturated rings. The van der Waals surface area contributed by atoms with Crippen LogP contribution in [0.25, 0.3) is 0 Å². The van der Waals surface area contributed by atoms with Crippen molar-refractivity contribution in [3.63, 3.8) is 0 Å². The second-order valence-electron chi connectivity index (χ2n) is 3.67.